The van der Waals surface area contributed by atoms with E-state index in [1.165, 1.54) is 11.8 Å². The van der Waals surface area contributed by atoms with Crippen LogP contribution in [-0.4, -0.2) is 20.8 Å². The molecule has 0 aliphatic heterocycles. The lowest BCUT2D eigenvalue weighted by Gasteiger charge is -2.14. The summed E-state index contributed by atoms with van der Waals surface area (Å²) >= 11 is 1.26. The van der Waals surface area contributed by atoms with Gasteiger partial charge in [0.2, 0.25) is 5.95 Å². The quantitative estimate of drug-likeness (QED) is 0.582. The summed E-state index contributed by atoms with van der Waals surface area (Å²) in [5, 5.41) is 3.47. The van der Waals surface area contributed by atoms with Crippen LogP contribution in [0.4, 0.5) is 11.6 Å². The molecule has 6 nitrogen and oxygen atoms in total. The summed E-state index contributed by atoms with van der Waals surface area (Å²) in [6.07, 6.45) is 1.79. The van der Waals surface area contributed by atoms with Crippen LogP contribution in [0.1, 0.15) is 0 Å². The molecule has 1 aromatic heterocycles. The second kappa shape index (κ2) is 7.10. The van der Waals surface area contributed by atoms with Crippen LogP contribution >= 0.6 is 11.8 Å². The largest absolute Gasteiger partial charge is 0.340 e. The summed E-state index contributed by atoms with van der Waals surface area (Å²) < 4.78 is 1.65. The van der Waals surface area contributed by atoms with Crippen LogP contribution in [0, 0.1) is 0 Å². The second-order valence-corrected chi connectivity index (χ2v) is 5.58. The minimum Gasteiger partial charge on any atom is -0.325 e. The minimum atomic E-state index is -0.904. The van der Waals surface area contributed by atoms with E-state index >= 15 is 0 Å². The molecule has 3 rings (SSSR count). The Morgan fingerprint density at radius 3 is 2.08 bits per heavy atom. The van der Waals surface area contributed by atoms with Crippen molar-refractivity contribution < 1.29 is 0 Å². The van der Waals surface area contributed by atoms with Crippen LogP contribution < -0.4 is 16.4 Å². The smallest absolute Gasteiger partial charge is 0.325 e. The molecule has 0 radical (unpaired) electrons. The molecular formula is C17H14N4O2S. The van der Waals surface area contributed by atoms with Gasteiger partial charge in [0.15, 0.2) is 5.16 Å². The fourth-order valence-electron chi connectivity index (χ4n) is 2.15. The second-order valence-electron chi connectivity index (χ2n) is 4.81. The van der Waals surface area contributed by atoms with Crippen molar-refractivity contribution in [1.82, 2.24) is 14.5 Å². The molecule has 0 aliphatic carbocycles. The number of anilines is 2. The van der Waals surface area contributed by atoms with Gasteiger partial charge in [0.1, 0.15) is 0 Å². The Balaban J connectivity index is 2.30. The number of rotatable bonds is 4. The molecule has 1 heterocycles. The van der Waals surface area contributed by atoms with E-state index in [-0.39, 0.29) is 5.95 Å². The van der Waals surface area contributed by atoms with Gasteiger partial charge in [-0.25, -0.2) is 0 Å². The van der Waals surface area contributed by atoms with Gasteiger partial charge in [-0.05, 0) is 30.5 Å². The number of benzene rings is 2. The van der Waals surface area contributed by atoms with Crippen LogP contribution in [-0.2, 0) is 0 Å². The van der Waals surface area contributed by atoms with Crippen molar-refractivity contribution in [2.24, 2.45) is 0 Å². The molecule has 0 spiro atoms. The molecule has 24 heavy (non-hydrogen) atoms. The first-order valence-electron chi connectivity index (χ1n) is 7.16. The van der Waals surface area contributed by atoms with Crippen molar-refractivity contribution >= 4 is 23.4 Å². The molecule has 0 saturated carbocycles. The van der Waals surface area contributed by atoms with E-state index in [2.05, 4.69) is 15.3 Å². The molecule has 7 heteroatoms. The third-order valence-corrected chi connectivity index (χ3v) is 3.86. The zero-order valence-electron chi connectivity index (χ0n) is 12.8. The first kappa shape index (κ1) is 15.9. The molecule has 0 amide bonds. The number of nitrogens with one attached hydrogen (secondary N) is 1. The molecule has 1 N–H and O–H groups in total. The summed E-state index contributed by atoms with van der Waals surface area (Å²) in [7, 11) is 0. The monoisotopic (exact) mass is 338 g/mol. The number of para-hydroxylation sites is 2. The third kappa shape index (κ3) is 3.36. The van der Waals surface area contributed by atoms with Gasteiger partial charge in [-0.3, -0.25) is 14.2 Å². The lowest BCUT2D eigenvalue weighted by molar-refractivity contribution is 0.842. The van der Waals surface area contributed by atoms with Crippen molar-refractivity contribution in [2.45, 2.75) is 5.16 Å². The fourth-order valence-corrected chi connectivity index (χ4v) is 2.70. The highest BCUT2D eigenvalue weighted by atomic mass is 32.2. The predicted molar refractivity (Wildman–Crippen MR) is 95.4 cm³/mol. The molecule has 0 aliphatic rings. The maximum absolute atomic E-state index is 11.9. The first-order valence-corrected chi connectivity index (χ1v) is 8.38. The number of aromatic nitrogens is 3. The Morgan fingerprint density at radius 1 is 0.875 bits per heavy atom. The van der Waals surface area contributed by atoms with E-state index < -0.39 is 11.1 Å². The Bertz CT molecular complexity index is 959. The average molecular weight is 338 g/mol. The van der Waals surface area contributed by atoms with E-state index in [9.17, 15) is 9.59 Å². The van der Waals surface area contributed by atoms with Crippen LogP contribution in [0.15, 0.2) is 75.4 Å². The number of nitrogens with zero attached hydrogens (tertiary/aromatic N) is 3. The maximum Gasteiger partial charge on any atom is 0.340 e. The molecule has 0 bridgehead atoms. The summed E-state index contributed by atoms with van der Waals surface area (Å²) in [6.45, 7) is 0. The molecule has 0 saturated heterocycles. The van der Waals surface area contributed by atoms with Crippen LogP contribution in [0.25, 0.3) is 5.69 Å². The molecule has 0 unspecified atom stereocenters. The average Bonchev–Trinajstić information content (AvgIpc) is 2.73. The summed E-state index contributed by atoms with van der Waals surface area (Å²) in [5.74, 6) is 0.233. The van der Waals surface area contributed by atoms with E-state index in [0.717, 1.165) is 11.4 Å². The van der Waals surface area contributed by atoms with Crippen LogP contribution in [0.3, 0.4) is 0 Å². The molecule has 0 fully saturated rings. The standard InChI is InChI=1S/C17H14N4O2S/c1-24-17-20-15(23)14(22)19-16(18-12-8-4-2-5-9-12)21(17)13-10-6-3-7-11-13/h2-11H,1H3,(H,18,19,22). The number of hydrogen-bond acceptors (Lipinski definition) is 6. The van der Waals surface area contributed by atoms with Gasteiger partial charge >= 0.3 is 11.1 Å². The highest BCUT2D eigenvalue weighted by Crippen LogP contribution is 2.22. The van der Waals surface area contributed by atoms with Gasteiger partial charge in [-0.2, -0.15) is 9.97 Å². The maximum atomic E-state index is 11.9. The zero-order valence-corrected chi connectivity index (χ0v) is 13.7. The molecule has 0 atom stereocenters. The molecular weight excluding hydrogens is 324 g/mol. The normalized spacial score (nSPS) is 10.4. The van der Waals surface area contributed by atoms with Crippen molar-refractivity contribution in [1.29, 1.82) is 0 Å². The number of thioether (sulfide) groups is 1. The highest BCUT2D eigenvalue weighted by molar-refractivity contribution is 7.98. The molecule has 120 valence electrons. The summed E-state index contributed by atoms with van der Waals surface area (Å²) in [5.41, 5.74) is -0.293. The third-order valence-electron chi connectivity index (χ3n) is 3.22. The minimum absolute atomic E-state index is 0.233. The van der Waals surface area contributed by atoms with Gasteiger partial charge in [0, 0.05) is 5.69 Å². The SMILES string of the molecule is CSc1nc(=O)c(=O)nc(Nc2ccccc2)n1-c1ccccc1. The van der Waals surface area contributed by atoms with Crippen LogP contribution in [0.5, 0.6) is 0 Å². The lowest BCUT2D eigenvalue weighted by Crippen LogP contribution is -2.26. The van der Waals surface area contributed by atoms with Gasteiger partial charge in [0.25, 0.3) is 0 Å². The molecule has 3 aromatic rings. The Hall–Kier alpha value is -2.93. The van der Waals surface area contributed by atoms with E-state index in [1.807, 2.05) is 60.7 Å². The summed E-state index contributed by atoms with van der Waals surface area (Å²) in [6, 6.07) is 18.6. The van der Waals surface area contributed by atoms with Crippen LogP contribution in [0.2, 0.25) is 0 Å². The van der Waals surface area contributed by atoms with E-state index in [0.29, 0.717) is 5.16 Å². The Morgan fingerprint density at radius 2 is 1.46 bits per heavy atom. The fraction of sp³-hybridized carbons (Fsp3) is 0.0588. The predicted octanol–water partition coefficient (Wildman–Crippen LogP) is 2.45. The van der Waals surface area contributed by atoms with Crippen molar-refractivity contribution in [2.75, 3.05) is 11.6 Å². The lowest BCUT2D eigenvalue weighted by atomic mass is 10.3. The van der Waals surface area contributed by atoms with Gasteiger partial charge < -0.3 is 5.32 Å². The van der Waals surface area contributed by atoms with Gasteiger partial charge in [-0.1, -0.05) is 48.2 Å². The van der Waals surface area contributed by atoms with Crippen molar-refractivity contribution in [3.8, 4) is 5.69 Å². The summed E-state index contributed by atoms with van der Waals surface area (Å²) in [4.78, 5) is 31.6. The molecule has 2 aromatic carbocycles. The van der Waals surface area contributed by atoms with Gasteiger partial charge in [-0.15, -0.1) is 0 Å². The topological polar surface area (TPSA) is 76.9 Å². The number of hydrogen-bond donors (Lipinski definition) is 1. The Kier molecular flexibility index (Phi) is 4.72. The highest BCUT2D eigenvalue weighted by Gasteiger charge is 2.12. The van der Waals surface area contributed by atoms with E-state index in [4.69, 9.17) is 0 Å². The van der Waals surface area contributed by atoms with Gasteiger partial charge in [0.05, 0.1) is 5.69 Å². The van der Waals surface area contributed by atoms with E-state index in [1.54, 1.807) is 10.8 Å². The zero-order chi connectivity index (χ0) is 16.9. The van der Waals surface area contributed by atoms with Crippen molar-refractivity contribution in [3.05, 3.63) is 81.4 Å². The first-order chi connectivity index (χ1) is 11.7. The van der Waals surface area contributed by atoms with Crippen molar-refractivity contribution in [3.63, 3.8) is 0 Å². The Labute approximate surface area is 142 Å².